The molecule has 0 bridgehead atoms. The molecule has 0 saturated carbocycles. The fraction of sp³-hybridized carbons (Fsp3) is 0.222. The summed E-state index contributed by atoms with van der Waals surface area (Å²) in [6.07, 6.45) is -0.210. The Kier molecular flexibility index (Phi) is 10.2. The number of carbonyl (C=O) groups excluding carboxylic acids is 4. The number of amides is 4. The Morgan fingerprint density at radius 1 is 0.894 bits per heavy atom. The molecule has 242 valence electrons. The van der Waals surface area contributed by atoms with Gasteiger partial charge in [-0.25, -0.2) is 4.79 Å². The Balaban J connectivity index is 1.30. The maximum Gasteiger partial charge on any atom is 0.414 e. The van der Waals surface area contributed by atoms with E-state index in [0.29, 0.717) is 35.0 Å². The van der Waals surface area contributed by atoms with Crippen molar-refractivity contribution in [2.75, 3.05) is 23.9 Å². The second-order valence-electron chi connectivity index (χ2n) is 11.8. The molecule has 1 saturated heterocycles. The first-order valence-corrected chi connectivity index (χ1v) is 15.8. The van der Waals surface area contributed by atoms with Gasteiger partial charge in [0, 0.05) is 18.7 Å². The maximum atomic E-state index is 13.1. The summed E-state index contributed by atoms with van der Waals surface area (Å²) in [5.74, 6) is 0.778. The first-order chi connectivity index (χ1) is 22.4. The van der Waals surface area contributed by atoms with Crippen molar-refractivity contribution in [2.24, 2.45) is 0 Å². The zero-order valence-corrected chi connectivity index (χ0v) is 27.3. The largest absolute Gasteiger partial charge is 0.484 e. The summed E-state index contributed by atoms with van der Waals surface area (Å²) in [6.45, 7) is 5.02. The molecule has 1 atom stereocenters. The van der Waals surface area contributed by atoms with Crippen molar-refractivity contribution in [1.82, 2.24) is 5.32 Å². The predicted octanol–water partition coefficient (Wildman–Crippen LogP) is 7.43. The molecular formula is C36H35N3O7S. The van der Waals surface area contributed by atoms with Crippen molar-refractivity contribution in [1.29, 1.82) is 0 Å². The number of hydrogen-bond donors (Lipinski definition) is 2. The molecule has 11 heteroatoms. The van der Waals surface area contributed by atoms with Gasteiger partial charge in [-0.2, -0.15) is 0 Å². The first-order valence-electron chi connectivity index (χ1n) is 14.9. The van der Waals surface area contributed by atoms with E-state index < -0.39 is 22.9 Å². The van der Waals surface area contributed by atoms with Gasteiger partial charge in [0.1, 0.15) is 22.8 Å². The third-order valence-electron chi connectivity index (χ3n) is 6.95. The summed E-state index contributed by atoms with van der Waals surface area (Å²) >= 11 is 0.972. The minimum absolute atomic E-state index is 0.299. The minimum Gasteiger partial charge on any atom is -0.484 e. The van der Waals surface area contributed by atoms with Crippen LogP contribution in [-0.4, -0.2) is 47.7 Å². The second kappa shape index (κ2) is 14.4. The Morgan fingerprint density at radius 2 is 1.57 bits per heavy atom. The van der Waals surface area contributed by atoms with Crippen molar-refractivity contribution in [3.8, 4) is 28.4 Å². The van der Waals surface area contributed by atoms with Gasteiger partial charge in [0.05, 0.1) is 16.6 Å². The van der Waals surface area contributed by atoms with Crippen LogP contribution >= 0.6 is 11.8 Å². The number of imide groups is 1. The number of para-hydroxylation sites is 1. The molecule has 4 aromatic rings. The Bertz CT molecular complexity index is 1770. The number of hydrogen-bond acceptors (Lipinski definition) is 8. The van der Waals surface area contributed by atoms with Crippen LogP contribution in [0.4, 0.5) is 21.0 Å². The highest BCUT2D eigenvalue weighted by Gasteiger charge is 2.31. The van der Waals surface area contributed by atoms with Crippen LogP contribution in [-0.2, 0) is 20.7 Å². The topological polar surface area (TPSA) is 123 Å². The quantitative estimate of drug-likeness (QED) is 0.181. The third kappa shape index (κ3) is 8.92. The van der Waals surface area contributed by atoms with Gasteiger partial charge in [-0.1, -0.05) is 72.4 Å². The zero-order chi connectivity index (χ0) is 33.6. The SMILES string of the molecule is CN(C(=O)OC(C)(C)C)c1cc(Oc2ccccc2-c2ccccc2)ccc1NC(=O)COc1ccc(CC2SC(=O)NC2=O)cc1. The van der Waals surface area contributed by atoms with E-state index >= 15 is 0 Å². The molecule has 47 heavy (non-hydrogen) atoms. The molecule has 0 aromatic heterocycles. The number of carbonyl (C=O) groups is 4. The molecule has 0 radical (unpaired) electrons. The lowest BCUT2D eigenvalue weighted by Crippen LogP contribution is -2.34. The molecule has 4 amide bonds. The molecule has 0 spiro atoms. The van der Waals surface area contributed by atoms with Gasteiger partial charge < -0.3 is 19.5 Å². The maximum absolute atomic E-state index is 13.1. The highest BCUT2D eigenvalue weighted by Crippen LogP contribution is 2.37. The third-order valence-corrected chi connectivity index (χ3v) is 7.93. The Morgan fingerprint density at radius 3 is 2.26 bits per heavy atom. The summed E-state index contributed by atoms with van der Waals surface area (Å²) in [5.41, 5.74) is 2.72. The highest BCUT2D eigenvalue weighted by atomic mass is 32.2. The van der Waals surface area contributed by atoms with Gasteiger partial charge in [0.15, 0.2) is 6.61 Å². The van der Waals surface area contributed by atoms with Crippen LogP contribution in [0.1, 0.15) is 26.3 Å². The van der Waals surface area contributed by atoms with E-state index in [0.717, 1.165) is 28.5 Å². The summed E-state index contributed by atoms with van der Waals surface area (Å²) < 4.78 is 17.6. The van der Waals surface area contributed by atoms with Crippen LogP contribution in [0.5, 0.6) is 17.2 Å². The van der Waals surface area contributed by atoms with E-state index in [1.54, 1.807) is 70.3 Å². The summed E-state index contributed by atoms with van der Waals surface area (Å²) in [4.78, 5) is 50.7. The van der Waals surface area contributed by atoms with E-state index in [4.69, 9.17) is 14.2 Å². The predicted molar refractivity (Wildman–Crippen MR) is 182 cm³/mol. The Hall–Kier alpha value is -5.29. The van der Waals surface area contributed by atoms with Crippen molar-refractivity contribution in [2.45, 2.75) is 38.0 Å². The van der Waals surface area contributed by atoms with E-state index in [1.807, 2.05) is 54.6 Å². The molecule has 2 N–H and O–H groups in total. The molecular weight excluding hydrogens is 618 g/mol. The molecule has 10 nitrogen and oxygen atoms in total. The fourth-order valence-electron chi connectivity index (χ4n) is 4.72. The molecule has 1 unspecified atom stereocenters. The molecule has 5 rings (SSSR count). The van der Waals surface area contributed by atoms with Crippen molar-refractivity contribution >= 4 is 46.3 Å². The number of anilines is 2. The second-order valence-corrected chi connectivity index (χ2v) is 12.9. The van der Waals surface area contributed by atoms with E-state index in [2.05, 4.69) is 10.6 Å². The summed E-state index contributed by atoms with van der Waals surface area (Å²) in [5, 5.41) is 4.29. The highest BCUT2D eigenvalue weighted by molar-refractivity contribution is 8.15. The molecule has 1 heterocycles. The van der Waals surface area contributed by atoms with E-state index in [1.165, 1.54) is 4.90 Å². The van der Waals surface area contributed by atoms with Crippen LogP contribution in [0.25, 0.3) is 11.1 Å². The number of thioether (sulfide) groups is 1. The normalized spacial score (nSPS) is 14.3. The van der Waals surface area contributed by atoms with Gasteiger partial charge in [0.2, 0.25) is 5.91 Å². The molecule has 1 aliphatic rings. The van der Waals surface area contributed by atoms with Crippen LogP contribution in [0.3, 0.4) is 0 Å². The van der Waals surface area contributed by atoms with E-state index in [9.17, 15) is 19.2 Å². The molecule has 0 aliphatic carbocycles. The summed E-state index contributed by atoms with van der Waals surface area (Å²) in [7, 11) is 1.56. The number of nitrogens with zero attached hydrogens (tertiary/aromatic N) is 1. The molecule has 1 fully saturated rings. The first kappa shape index (κ1) is 33.1. The number of ether oxygens (including phenoxy) is 3. The lowest BCUT2D eigenvalue weighted by molar-refractivity contribution is -0.119. The van der Waals surface area contributed by atoms with Crippen LogP contribution in [0.15, 0.2) is 97.1 Å². The van der Waals surface area contributed by atoms with Gasteiger partial charge in [0.25, 0.3) is 11.1 Å². The average Bonchev–Trinajstić information content (AvgIpc) is 3.36. The van der Waals surface area contributed by atoms with Crippen LogP contribution in [0, 0.1) is 0 Å². The number of benzene rings is 4. The average molecular weight is 654 g/mol. The fourth-order valence-corrected chi connectivity index (χ4v) is 5.58. The van der Waals surface area contributed by atoms with Crippen molar-refractivity contribution < 1.29 is 33.4 Å². The van der Waals surface area contributed by atoms with Gasteiger partial charge in [-0.3, -0.25) is 24.6 Å². The smallest absolute Gasteiger partial charge is 0.414 e. The zero-order valence-electron chi connectivity index (χ0n) is 26.4. The van der Waals surface area contributed by atoms with Crippen LogP contribution in [0.2, 0.25) is 0 Å². The van der Waals surface area contributed by atoms with Gasteiger partial charge in [-0.05, 0) is 68.7 Å². The monoisotopic (exact) mass is 653 g/mol. The number of nitrogens with one attached hydrogen (secondary N) is 2. The van der Waals surface area contributed by atoms with Crippen LogP contribution < -0.4 is 25.0 Å². The number of rotatable bonds is 10. The van der Waals surface area contributed by atoms with Gasteiger partial charge in [-0.15, -0.1) is 0 Å². The summed E-state index contributed by atoms with van der Waals surface area (Å²) in [6, 6.07) is 29.5. The molecule has 1 aliphatic heterocycles. The minimum atomic E-state index is -0.735. The standard InChI is InChI=1S/C36H35N3O7S/c1-36(2,3)46-35(43)39(4)29-21-26(45-30-13-9-8-12-27(30)24-10-6-5-7-11-24)18-19-28(29)37-32(40)22-44-25-16-14-23(15-17-25)20-31-33(41)38-34(42)47-31/h5-19,21,31H,20,22H2,1-4H3,(H,37,40)(H,38,41,42). The van der Waals surface area contributed by atoms with Gasteiger partial charge >= 0.3 is 6.09 Å². The van der Waals surface area contributed by atoms with E-state index in [-0.39, 0.29) is 17.8 Å². The molecule has 4 aromatic carbocycles. The Labute approximate surface area is 277 Å². The lowest BCUT2D eigenvalue weighted by Gasteiger charge is -2.26. The lowest BCUT2D eigenvalue weighted by atomic mass is 10.0. The van der Waals surface area contributed by atoms with Crippen molar-refractivity contribution in [3.05, 3.63) is 103 Å². The van der Waals surface area contributed by atoms with Crippen molar-refractivity contribution in [3.63, 3.8) is 0 Å².